The van der Waals surface area contributed by atoms with Crippen molar-refractivity contribution in [2.45, 2.75) is 90.3 Å². The van der Waals surface area contributed by atoms with Crippen LogP contribution < -0.4 is 0 Å². The molecule has 0 spiro atoms. The van der Waals surface area contributed by atoms with Gasteiger partial charge in [-0.2, -0.15) is 0 Å². The van der Waals surface area contributed by atoms with Crippen molar-refractivity contribution in [3.63, 3.8) is 0 Å². The first-order valence-corrected chi connectivity index (χ1v) is 10.6. The highest BCUT2D eigenvalue weighted by atomic mass is 16.5. The third-order valence-electron chi connectivity index (χ3n) is 9.37. The molecule has 0 amide bonds. The van der Waals surface area contributed by atoms with Crippen molar-refractivity contribution in [1.82, 2.24) is 0 Å². The standard InChI is InChI=1S/C22H34O4/c1-14(24)26-17-7-9-20(2)15(12-17)4-5-19-18(20)8-10-21(3)16(13-23)6-11-22(19,21)25/h13,15-19,25H,4-12H2,1-3H3/t15-,16-,17+,18+,19-,20+,21-,22+/m1/s1. The van der Waals surface area contributed by atoms with Gasteiger partial charge >= 0.3 is 5.97 Å². The van der Waals surface area contributed by atoms with Crippen LogP contribution in [0.5, 0.6) is 0 Å². The van der Waals surface area contributed by atoms with Crippen molar-refractivity contribution < 1.29 is 19.4 Å². The molecule has 4 aliphatic rings. The zero-order chi connectivity index (χ0) is 18.7. The molecule has 0 bridgehead atoms. The molecule has 8 atom stereocenters. The van der Waals surface area contributed by atoms with Crippen LogP contribution in [0.3, 0.4) is 0 Å². The van der Waals surface area contributed by atoms with E-state index in [0.717, 1.165) is 64.1 Å². The molecule has 26 heavy (non-hydrogen) atoms. The van der Waals surface area contributed by atoms with Crippen molar-refractivity contribution in [1.29, 1.82) is 0 Å². The Morgan fingerprint density at radius 1 is 1.04 bits per heavy atom. The molecule has 0 aromatic heterocycles. The number of aliphatic hydroxyl groups is 1. The summed E-state index contributed by atoms with van der Waals surface area (Å²) < 4.78 is 5.53. The van der Waals surface area contributed by atoms with Crippen molar-refractivity contribution in [3.8, 4) is 0 Å². The third-order valence-corrected chi connectivity index (χ3v) is 9.37. The van der Waals surface area contributed by atoms with Gasteiger partial charge in [0.2, 0.25) is 0 Å². The maximum Gasteiger partial charge on any atom is 0.302 e. The van der Waals surface area contributed by atoms with Crippen molar-refractivity contribution in [2.24, 2.45) is 34.5 Å². The van der Waals surface area contributed by atoms with E-state index in [0.29, 0.717) is 17.8 Å². The van der Waals surface area contributed by atoms with Crippen LogP contribution in [0.1, 0.15) is 78.6 Å². The van der Waals surface area contributed by atoms with Crippen molar-refractivity contribution in [2.75, 3.05) is 0 Å². The Morgan fingerprint density at radius 2 is 1.81 bits per heavy atom. The Bertz CT molecular complexity index is 603. The van der Waals surface area contributed by atoms with Gasteiger partial charge in [0.25, 0.3) is 0 Å². The molecule has 0 saturated heterocycles. The van der Waals surface area contributed by atoms with Crippen LogP contribution in [0.2, 0.25) is 0 Å². The van der Waals surface area contributed by atoms with E-state index in [2.05, 4.69) is 13.8 Å². The molecule has 0 radical (unpaired) electrons. The molecule has 0 aromatic carbocycles. The van der Waals surface area contributed by atoms with E-state index in [4.69, 9.17) is 4.74 Å². The molecule has 4 rings (SSSR count). The van der Waals surface area contributed by atoms with Crippen LogP contribution in [-0.4, -0.2) is 29.1 Å². The molecule has 0 aliphatic heterocycles. The number of hydrogen-bond donors (Lipinski definition) is 1. The Kier molecular flexibility index (Phi) is 4.30. The number of ether oxygens (including phenoxy) is 1. The van der Waals surface area contributed by atoms with Crippen molar-refractivity contribution >= 4 is 12.3 Å². The lowest BCUT2D eigenvalue weighted by Crippen LogP contribution is -2.62. The summed E-state index contributed by atoms with van der Waals surface area (Å²) >= 11 is 0. The number of carbonyl (C=O) groups is 2. The van der Waals surface area contributed by atoms with Crippen LogP contribution in [0.15, 0.2) is 0 Å². The summed E-state index contributed by atoms with van der Waals surface area (Å²) in [5, 5.41) is 11.8. The second kappa shape index (κ2) is 6.05. The predicted molar refractivity (Wildman–Crippen MR) is 98.3 cm³/mol. The zero-order valence-electron chi connectivity index (χ0n) is 16.5. The van der Waals surface area contributed by atoms with E-state index < -0.39 is 5.60 Å². The van der Waals surface area contributed by atoms with Gasteiger partial charge in [0.05, 0.1) is 5.60 Å². The summed E-state index contributed by atoms with van der Waals surface area (Å²) in [6.45, 7) is 6.10. The maximum absolute atomic E-state index is 11.8. The lowest BCUT2D eigenvalue weighted by Gasteiger charge is -2.63. The summed E-state index contributed by atoms with van der Waals surface area (Å²) in [4.78, 5) is 23.0. The number of fused-ring (bicyclic) bond motifs is 5. The Balaban J connectivity index is 1.59. The fourth-order valence-corrected chi connectivity index (χ4v) is 7.79. The lowest BCUT2D eigenvalue weighted by molar-refractivity contribution is -0.210. The van der Waals surface area contributed by atoms with Crippen LogP contribution in [-0.2, 0) is 14.3 Å². The topological polar surface area (TPSA) is 63.6 Å². The number of esters is 1. The first-order chi connectivity index (χ1) is 12.2. The normalized spacial score (nSPS) is 53.2. The third kappa shape index (κ3) is 2.36. The molecular formula is C22H34O4. The molecule has 0 aromatic rings. The smallest absolute Gasteiger partial charge is 0.302 e. The van der Waals surface area contributed by atoms with Gasteiger partial charge in [-0.3, -0.25) is 4.79 Å². The van der Waals surface area contributed by atoms with Crippen LogP contribution in [0.4, 0.5) is 0 Å². The Hall–Kier alpha value is -0.900. The monoisotopic (exact) mass is 362 g/mol. The van der Waals surface area contributed by atoms with E-state index in [1.807, 2.05) is 0 Å². The molecule has 4 fully saturated rings. The van der Waals surface area contributed by atoms with Gasteiger partial charge in [0.1, 0.15) is 12.4 Å². The summed E-state index contributed by atoms with van der Waals surface area (Å²) in [6, 6.07) is 0. The highest BCUT2D eigenvalue weighted by Gasteiger charge is 2.67. The number of aldehydes is 1. The highest BCUT2D eigenvalue weighted by Crippen LogP contribution is 2.68. The molecule has 146 valence electrons. The maximum atomic E-state index is 11.8. The predicted octanol–water partition coefficient (Wildman–Crippen LogP) is 3.89. The van der Waals surface area contributed by atoms with Crippen LogP contribution >= 0.6 is 0 Å². The quantitative estimate of drug-likeness (QED) is 0.598. The molecule has 0 unspecified atom stereocenters. The van der Waals surface area contributed by atoms with Crippen LogP contribution in [0, 0.1) is 34.5 Å². The fraction of sp³-hybridized carbons (Fsp3) is 0.909. The zero-order valence-corrected chi connectivity index (χ0v) is 16.5. The first kappa shape index (κ1) is 18.5. The molecule has 1 N–H and O–H groups in total. The summed E-state index contributed by atoms with van der Waals surface area (Å²) in [7, 11) is 0. The van der Waals surface area contributed by atoms with Gasteiger partial charge in [-0.05, 0) is 81.0 Å². The fourth-order valence-electron chi connectivity index (χ4n) is 7.79. The summed E-state index contributed by atoms with van der Waals surface area (Å²) in [5.41, 5.74) is -0.688. The van der Waals surface area contributed by atoms with Gasteiger partial charge < -0.3 is 14.6 Å². The molecule has 4 saturated carbocycles. The molecule has 4 heteroatoms. The van der Waals surface area contributed by atoms with Gasteiger partial charge in [-0.25, -0.2) is 0 Å². The average Bonchev–Trinajstić information content (AvgIpc) is 2.86. The van der Waals surface area contributed by atoms with Gasteiger partial charge in [0.15, 0.2) is 0 Å². The van der Waals surface area contributed by atoms with Crippen molar-refractivity contribution in [3.05, 3.63) is 0 Å². The Morgan fingerprint density at radius 3 is 2.50 bits per heavy atom. The summed E-state index contributed by atoms with van der Waals surface area (Å²) in [6.07, 6.45) is 10.1. The largest absolute Gasteiger partial charge is 0.463 e. The van der Waals surface area contributed by atoms with E-state index in [-0.39, 0.29) is 28.8 Å². The molecule has 4 nitrogen and oxygen atoms in total. The minimum Gasteiger partial charge on any atom is -0.463 e. The molecule has 0 heterocycles. The lowest BCUT2D eigenvalue weighted by atomic mass is 9.43. The number of hydrogen-bond acceptors (Lipinski definition) is 4. The second-order valence-electron chi connectivity index (χ2n) is 10.2. The minimum absolute atomic E-state index is 0.0127. The van der Waals surface area contributed by atoms with E-state index in [9.17, 15) is 14.7 Å². The van der Waals surface area contributed by atoms with E-state index in [1.54, 1.807) is 0 Å². The molecule has 4 aliphatic carbocycles. The van der Waals surface area contributed by atoms with Gasteiger partial charge in [-0.1, -0.05) is 13.8 Å². The molecular weight excluding hydrogens is 328 g/mol. The average molecular weight is 363 g/mol. The van der Waals surface area contributed by atoms with Gasteiger partial charge in [-0.15, -0.1) is 0 Å². The van der Waals surface area contributed by atoms with Crippen LogP contribution in [0.25, 0.3) is 0 Å². The highest BCUT2D eigenvalue weighted by molar-refractivity contribution is 5.66. The number of carbonyl (C=O) groups excluding carboxylic acids is 2. The summed E-state index contributed by atoms with van der Waals surface area (Å²) in [5.74, 6) is 1.28. The van der Waals surface area contributed by atoms with Gasteiger partial charge in [0, 0.05) is 18.3 Å². The first-order valence-electron chi connectivity index (χ1n) is 10.6. The van der Waals surface area contributed by atoms with E-state index >= 15 is 0 Å². The minimum atomic E-state index is -0.678. The SMILES string of the molecule is CC(=O)O[C@H]1CC[C@@]2(C)[C@H](CC[C@@H]3[C@@H]2CC[C@]2(C)[C@@H](C=O)CC[C@]32O)C1. The number of rotatable bonds is 2. The Labute approximate surface area is 157 Å². The van der Waals surface area contributed by atoms with E-state index in [1.165, 1.54) is 6.92 Å². The second-order valence-corrected chi connectivity index (χ2v) is 10.2.